The van der Waals surface area contributed by atoms with Gasteiger partial charge in [-0.3, -0.25) is 0 Å². The third-order valence-corrected chi connectivity index (χ3v) is 3.35. The van der Waals surface area contributed by atoms with Gasteiger partial charge in [0.15, 0.2) is 0 Å². The highest BCUT2D eigenvalue weighted by Gasteiger charge is 2.33. The van der Waals surface area contributed by atoms with Crippen molar-refractivity contribution in [3.63, 3.8) is 0 Å². The maximum atomic E-state index is 5.97. The standard InChI is InChI=1S/C14H20O/c1-5-11-9-14(3,4)12-8-10(2)6-7-13(12)15-11/h6-8,11H,5,9H2,1-4H3. The lowest BCUT2D eigenvalue weighted by Crippen LogP contribution is -2.33. The number of rotatable bonds is 1. The van der Waals surface area contributed by atoms with Gasteiger partial charge >= 0.3 is 0 Å². The fraction of sp³-hybridized carbons (Fsp3) is 0.571. The van der Waals surface area contributed by atoms with E-state index in [2.05, 4.69) is 45.9 Å². The molecule has 0 saturated carbocycles. The summed E-state index contributed by atoms with van der Waals surface area (Å²) in [5, 5.41) is 0. The van der Waals surface area contributed by atoms with Crippen LogP contribution in [0, 0.1) is 6.92 Å². The van der Waals surface area contributed by atoms with E-state index in [-0.39, 0.29) is 5.41 Å². The first-order valence-corrected chi connectivity index (χ1v) is 5.81. The summed E-state index contributed by atoms with van der Waals surface area (Å²) in [6.07, 6.45) is 2.60. The molecule has 15 heavy (non-hydrogen) atoms. The maximum Gasteiger partial charge on any atom is 0.123 e. The van der Waals surface area contributed by atoms with Gasteiger partial charge in [-0.05, 0) is 31.2 Å². The second kappa shape index (κ2) is 3.55. The number of hydrogen-bond acceptors (Lipinski definition) is 1. The minimum Gasteiger partial charge on any atom is -0.490 e. The van der Waals surface area contributed by atoms with Gasteiger partial charge in [-0.1, -0.05) is 38.5 Å². The van der Waals surface area contributed by atoms with E-state index in [9.17, 15) is 0 Å². The van der Waals surface area contributed by atoms with Gasteiger partial charge in [-0.25, -0.2) is 0 Å². The molecular formula is C14H20O. The van der Waals surface area contributed by atoms with Crippen LogP contribution in [0.2, 0.25) is 0 Å². The van der Waals surface area contributed by atoms with Crippen molar-refractivity contribution < 1.29 is 4.74 Å². The summed E-state index contributed by atoms with van der Waals surface area (Å²) in [5.41, 5.74) is 2.94. The molecule has 0 bridgehead atoms. The van der Waals surface area contributed by atoms with Crippen molar-refractivity contribution >= 4 is 0 Å². The molecule has 2 rings (SSSR count). The lowest BCUT2D eigenvalue weighted by atomic mass is 9.76. The van der Waals surface area contributed by atoms with E-state index in [4.69, 9.17) is 4.74 Å². The average Bonchev–Trinajstić information content (AvgIpc) is 2.18. The molecule has 1 aliphatic heterocycles. The van der Waals surface area contributed by atoms with Gasteiger partial charge in [0.25, 0.3) is 0 Å². The van der Waals surface area contributed by atoms with E-state index in [1.54, 1.807) is 0 Å². The molecule has 1 aliphatic rings. The molecule has 0 spiro atoms. The predicted octanol–water partition coefficient (Wildman–Crippen LogP) is 3.83. The topological polar surface area (TPSA) is 9.23 Å². The Hall–Kier alpha value is -0.980. The molecule has 1 nitrogen and oxygen atoms in total. The van der Waals surface area contributed by atoms with Gasteiger partial charge in [0.05, 0.1) is 6.10 Å². The van der Waals surface area contributed by atoms with Gasteiger partial charge in [-0.2, -0.15) is 0 Å². The Morgan fingerprint density at radius 2 is 2.13 bits per heavy atom. The third-order valence-electron chi connectivity index (χ3n) is 3.35. The summed E-state index contributed by atoms with van der Waals surface area (Å²) in [6.45, 7) is 8.97. The van der Waals surface area contributed by atoms with Crippen LogP contribution in [0.25, 0.3) is 0 Å². The van der Waals surface area contributed by atoms with Gasteiger partial charge in [0.2, 0.25) is 0 Å². The molecule has 0 aromatic heterocycles. The van der Waals surface area contributed by atoms with E-state index < -0.39 is 0 Å². The predicted molar refractivity (Wildman–Crippen MR) is 63.5 cm³/mol. The van der Waals surface area contributed by atoms with Crippen molar-refractivity contribution in [2.75, 3.05) is 0 Å². The van der Waals surface area contributed by atoms with Crippen molar-refractivity contribution in [3.05, 3.63) is 29.3 Å². The van der Waals surface area contributed by atoms with Crippen LogP contribution in [-0.2, 0) is 5.41 Å². The molecule has 0 fully saturated rings. The fourth-order valence-electron chi connectivity index (χ4n) is 2.40. The number of ether oxygens (including phenoxy) is 1. The molecule has 1 heteroatoms. The summed E-state index contributed by atoms with van der Waals surface area (Å²) >= 11 is 0. The smallest absolute Gasteiger partial charge is 0.123 e. The molecule has 0 radical (unpaired) electrons. The molecule has 1 heterocycles. The number of aryl methyl sites for hydroxylation is 1. The second-order valence-corrected chi connectivity index (χ2v) is 5.24. The van der Waals surface area contributed by atoms with Gasteiger partial charge < -0.3 is 4.74 Å². The Labute approximate surface area is 92.5 Å². The largest absolute Gasteiger partial charge is 0.490 e. The van der Waals surface area contributed by atoms with Gasteiger partial charge in [0, 0.05) is 5.56 Å². The molecular weight excluding hydrogens is 184 g/mol. The molecule has 82 valence electrons. The van der Waals surface area contributed by atoms with Crippen molar-refractivity contribution in [2.24, 2.45) is 0 Å². The van der Waals surface area contributed by atoms with Crippen LogP contribution in [0.4, 0.5) is 0 Å². The lowest BCUT2D eigenvalue weighted by Gasteiger charge is -2.37. The molecule has 1 aromatic carbocycles. The number of hydrogen-bond donors (Lipinski definition) is 0. The van der Waals surface area contributed by atoms with Crippen LogP contribution in [0.3, 0.4) is 0 Å². The molecule has 1 aromatic rings. The van der Waals surface area contributed by atoms with Crippen LogP contribution in [0.15, 0.2) is 18.2 Å². The maximum absolute atomic E-state index is 5.97. The van der Waals surface area contributed by atoms with Crippen LogP contribution in [0.5, 0.6) is 5.75 Å². The molecule has 1 unspecified atom stereocenters. The Balaban J connectivity index is 2.45. The summed E-state index contributed by atoms with van der Waals surface area (Å²) in [4.78, 5) is 0. The number of fused-ring (bicyclic) bond motifs is 1. The quantitative estimate of drug-likeness (QED) is 0.675. The highest BCUT2D eigenvalue weighted by molar-refractivity contribution is 5.43. The molecule has 0 amide bonds. The van der Waals surface area contributed by atoms with Crippen LogP contribution in [-0.4, -0.2) is 6.10 Å². The third kappa shape index (κ3) is 1.88. The summed E-state index contributed by atoms with van der Waals surface area (Å²) in [6, 6.07) is 6.52. The molecule has 0 N–H and O–H groups in total. The zero-order valence-corrected chi connectivity index (χ0v) is 10.1. The van der Waals surface area contributed by atoms with E-state index >= 15 is 0 Å². The minimum atomic E-state index is 0.250. The van der Waals surface area contributed by atoms with Crippen molar-refractivity contribution in [1.29, 1.82) is 0 Å². The Morgan fingerprint density at radius 1 is 1.40 bits per heavy atom. The van der Waals surface area contributed by atoms with Gasteiger partial charge in [-0.15, -0.1) is 0 Å². The zero-order valence-electron chi connectivity index (χ0n) is 10.1. The zero-order chi connectivity index (χ0) is 11.1. The van der Waals surface area contributed by atoms with Crippen LogP contribution in [0.1, 0.15) is 44.7 Å². The first-order valence-electron chi connectivity index (χ1n) is 5.81. The number of benzene rings is 1. The normalized spacial score (nSPS) is 23.1. The molecule has 0 saturated heterocycles. The van der Waals surface area contributed by atoms with E-state index in [0.29, 0.717) is 6.10 Å². The van der Waals surface area contributed by atoms with E-state index in [1.165, 1.54) is 11.1 Å². The highest BCUT2D eigenvalue weighted by Crippen LogP contribution is 2.41. The molecule has 0 aliphatic carbocycles. The van der Waals surface area contributed by atoms with Crippen molar-refractivity contribution in [1.82, 2.24) is 0 Å². The lowest BCUT2D eigenvalue weighted by molar-refractivity contribution is 0.131. The summed E-state index contributed by atoms with van der Waals surface area (Å²) in [7, 11) is 0. The summed E-state index contributed by atoms with van der Waals surface area (Å²) in [5.74, 6) is 1.09. The van der Waals surface area contributed by atoms with E-state index in [0.717, 1.165) is 18.6 Å². The van der Waals surface area contributed by atoms with Crippen LogP contribution >= 0.6 is 0 Å². The summed E-state index contributed by atoms with van der Waals surface area (Å²) < 4.78 is 5.97. The first kappa shape index (κ1) is 10.5. The monoisotopic (exact) mass is 204 g/mol. The van der Waals surface area contributed by atoms with Crippen LogP contribution < -0.4 is 4.74 Å². The Morgan fingerprint density at radius 3 is 2.80 bits per heavy atom. The average molecular weight is 204 g/mol. The second-order valence-electron chi connectivity index (χ2n) is 5.24. The van der Waals surface area contributed by atoms with E-state index in [1.807, 2.05) is 0 Å². The first-order chi connectivity index (χ1) is 7.03. The van der Waals surface area contributed by atoms with Crippen molar-refractivity contribution in [3.8, 4) is 5.75 Å². The fourth-order valence-corrected chi connectivity index (χ4v) is 2.40. The van der Waals surface area contributed by atoms with Crippen molar-refractivity contribution in [2.45, 2.75) is 52.1 Å². The highest BCUT2D eigenvalue weighted by atomic mass is 16.5. The Bertz CT molecular complexity index is 366. The molecule has 1 atom stereocenters. The van der Waals surface area contributed by atoms with Gasteiger partial charge in [0.1, 0.15) is 5.75 Å². The minimum absolute atomic E-state index is 0.250. The SMILES string of the molecule is CCC1CC(C)(C)c2cc(C)ccc2O1. The Kier molecular flexibility index (Phi) is 2.49.